The minimum Gasteiger partial charge on any atom is -1.00 e. The van der Waals surface area contributed by atoms with Gasteiger partial charge < -0.3 is 16.2 Å². The number of likely N-dealkylation sites (N-methyl/N-ethyl adjacent to an activating group) is 1. The molecule has 0 radical (unpaired) electrons. The van der Waals surface area contributed by atoms with Crippen molar-refractivity contribution in [3.8, 4) is 0 Å². The molecule has 0 atom stereocenters. The van der Waals surface area contributed by atoms with Crippen LogP contribution in [0, 0.1) is 0 Å². The Morgan fingerprint density at radius 2 is 1.91 bits per heavy atom. The Balaban J connectivity index is 0. The Kier molecular flexibility index (Phi) is 9.12. The maximum Gasteiger partial charge on any atom is 1.00 e. The summed E-state index contributed by atoms with van der Waals surface area (Å²) in [4.78, 5) is 25.2. The third-order valence-electron chi connectivity index (χ3n) is 2.52. The Hall–Kier alpha value is -0.720. The van der Waals surface area contributed by atoms with Crippen molar-refractivity contribution in [3.63, 3.8) is 0 Å². The normalized spacial score (nSPS) is 11.1. The largest absolute Gasteiger partial charge is 1.00 e. The van der Waals surface area contributed by atoms with Gasteiger partial charge in [-0.3, -0.25) is 4.79 Å². The van der Waals surface area contributed by atoms with E-state index >= 15 is 0 Å². The van der Waals surface area contributed by atoms with Gasteiger partial charge in [0.25, 0.3) is 5.91 Å². The summed E-state index contributed by atoms with van der Waals surface area (Å²) in [5.74, 6) is -2.15. The van der Waals surface area contributed by atoms with Crippen molar-refractivity contribution in [1.82, 2.24) is 4.90 Å². The predicted octanol–water partition coefficient (Wildman–Crippen LogP) is 0.0303. The molecule has 22 heavy (non-hydrogen) atoms. The maximum atomic E-state index is 12.1. The molecule has 0 unspecified atom stereocenters. The minimum absolute atomic E-state index is 0. The third kappa shape index (κ3) is 5.18. The number of hydrogen-bond acceptors (Lipinski definition) is 4. The SMILES string of the molecule is CCOC(=O)C(C(=O)N(C)C)=C(O)c1ccc(Cl)cc1Cl.[H-].[Na+]. The van der Waals surface area contributed by atoms with Crippen LogP contribution in [0.4, 0.5) is 0 Å². The average Bonchev–Trinajstić information content (AvgIpc) is 2.38. The van der Waals surface area contributed by atoms with Crippen LogP contribution in [-0.2, 0) is 14.3 Å². The summed E-state index contributed by atoms with van der Waals surface area (Å²) in [5, 5.41) is 10.8. The molecule has 1 amide bonds. The number of aliphatic hydroxyl groups excluding tert-OH is 1. The molecular weight excluding hydrogens is 340 g/mol. The summed E-state index contributed by atoms with van der Waals surface area (Å²) in [6, 6.07) is 4.31. The van der Waals surface area contributed by atoms with Crippen molar-refractivity contribution < 1.29 is 50.4 Å². The van der Waals surface area contributed by atoms with E-state index in [9.17, 15) is 14.7 Å². The molecule has 5 nitrogen and oxygen atoms in total. The van der Waals surface area contributed by atoms with Crippen molar-refractivity contribution in [2.75, 3.05) is 20.7 Å². The van der Waals surface area contributed by atoms with Gasteiger partial charge in [-0.25, -0.2) is 4.79 Å². The molecule has 0 saturated carbocycles. The van der Waals surface area contributed by atoms with Gasteiger partial charge in [0.15, 0.2) is 5.57 Å². The Morgan fingerprint density at radius 3 is 2.36 bits per heavy atom. The number of hydrogen-bond donors (Lipinski definition) is 1. The van der Waals surface area contributed by atoms with Crippen LogP contribution in [0.3, 0.4) is 0 Å². The summed E-state index contributed by atoms with van der Waals surface area (Å²) in [5.41, 5.74) is -0.356. The predicted molar refractivity (Wildman–Crippen MR) is 82.4 cm³/mol. The molecule has 0 aliphatic carbocycles. The molecular formula is C14H16Cl2NNaO4. The summed E-state index contributed by atoms with van der Waals surface area (Å²) in [7, 11) is 2.91. The second kappa shape index (κ2) is 9.43. The van der Waals surface area contributed by atoms with Crippen molar-refractivity contribution >= 4 is 40.8 Å². The molecule has 1 N–H and O–H groups in total. The van der Waals surface area contributed by atoms with Crippen LogP contribution in [0.5, 0.6) is 0 Å². The van der Waals surface area contributed by atoms with E-state index in [0.29, 0.717) is 5.02 Å². The number of benzene rings is 1. The number of ether oxygens (including phenoxy) is 1. The molecule has 1 rings (SSSR count). The Labute approximate surface area is 162 Å². The zero-order chi connectivity index (χ0) is 16.2. The zero-order valence-electron chi connectivity index (χ0n) is 13.8. The van der Waals surface area contributed by atoms with E-state index in [0.717, 1.165) is 4.90 Å². The molecule has 0 aliphatic rings. The number of esters is 1. The fraction of sp³-hybridized carbons (Fsp3) is 0.286. The van der Waals surface area contributed by atoms with Crippen molar-refractivity contribution in [1.29, 1.82) is 0 Å². The van der Waals surface area contributed by atoms with Crippen LogP contribution in [0.2, 0.25) is 10.0 Å². The van der Waals surface area contributed by atoms with Crippen LogP contribution in [0.1, 0.15) is 13.9 Å². The zero-order valence-corrected chi connectivity index (χ0v) is 16.3. The van der Waals surface area contributed by atoms with Gasteiger partial charge in [-0.1, -0.05) is 23.2 Å². The fourth-order valence-corrected chi connectivity index (χ4v) is 2.03. The molecule has 0 aliphatic heterocycles. The summed E-state index contributed by atoms with van der Waals surface area (Å²) < 4.78 is 4.81. The summed E-state index contributed by atoms with van der Waals surface area (Å²) >= 11 is 11.8. The second-order valence-corrected chi connectivity index (χ2v) is 5.11. The molecule has 0 fully saturated rings. The first kappa shape index (κ1) is 21.3. The first-order valence-corrected chi connectivity index (χ1v) is 6.82. The monoisotopic (exact) mass is 355 g/mol. The number of halogens is 2. The second-order valence-electron chi connectivity index (χ2n) is 4.27. The third-order valence-corrected chi connectivity index (χ3v) is 3.07. The van der Waals surface area contributed by atoms with Crippen molar-refractivity contribution in [2.24, 2.45) is 0 Å². The van der Waals surface area contributed by atoms with Gasteiger partial charge in [0, 0.05) is 24.7 Å². The van der Waals surface area contributed by atoms with Crippen LogP contribution in [0.25, 0.3) is 5.76 Å². The van der Waals surface area contributed by atoms with E-state index in [1.165, 1.54) is 32.3 Å². The minimum atomic E-state index is -0.917. The first-order chi connectivity index (χ1) is 9.79. The quantitative estimate of drug-likeness (QED) is 0.207. The van der Waals surface area contributed by atoms with Gasteiger partial charge in [-0.15, -0.1) is 0 Å². The van der Waals surface area contributed by atoms with E-state index in [1.807, 2.05) is 0 Å². The molecule has 116 valence electrons. The molecule has 0 bridgehead atoms. The van der Waals surface area contributed by atoms with Gasteiger partial charge in [-0.05, 0) is 25.1 Å². The topological polar surface area (TPSA) is 66.8 Å². The van der Waals surface area contributed by atoms with Gasteiger partial charge in [0.05, 0.1) is 11.6 Å². The van der Waals surface area contributed by atoms with Crippen LogP contribution < -0.4 is 29.6 Å². The standard InChI is InChI=1S/C14H15Cl2NO4.Na.H/c1-4-21-14(20)11(13(19)17(2)3)12(18)9-6-5-8(15)7-10(9)16;;/h5-7,18H,4H2,1-3H3;;/q;+1;-1. The molecule has 1 aromatic rings. The van der Waals surface area contributed by atoms with Crippen LogP contribution in [0.15, 0.2) is 23.8 Å². The number of aliphatic hydroxyl groups is 1. The fourth-order valence-electron chi connectivity index (χ4n) is 1.53. The smallest absolute Gasteiger partial charge is 1.00 e. The van der Waals surface area contributed by atoms with Crippen molar-refractivity contribution in [3.05, 3.63) is 39.4 Å². The number of amides is 1. The average molecular weight is 356 g/mol. The molecule has 0 heterocycles. The molecule has 0 saturated heterocycles. The van der Waals surface area contributed by atoms with E-state index in [-0.39, 0.29) is 48.2 Å². The summed E-state index contributed by atoms with van der Waals surface area (Å²) in [6.45, 7) is 1.67. The maximum absolute atomic E-state index is 12.1. The molecule has 0 aromatic heterocycles. The molecule has 8 heteroatoms. The number of rotatable bonds is 4. The first-order valence-electron chi connectivity index (χ1n) is 6.07. The molecule has 1 aromatic carbocycles. The Bertz CT molecular complexity index is 608. The van der Waals surface area contributed by atoms with Gasteiger partial charge in [0.2, 0.25) is 0 Å². The Morgan fingerprint density at radius 1 is 1.32 bits per heavy atom. The van der Waals surface area contributed by atoms with E-state index < -0.39 is 23.2 Å². The van der Waals surface area contributed by atoms with E-state index in [1.54, 1.807) is 6.92 Å². The molecule has 0 spiro atoms. The summed E-state index contributed by atoms with van der Waals surface area (Å²) in [6.07, 6.45) is 0. The van der Waals surface area contributed by atoms with Gasteiger partial charge >= 0.3 is 35.5 Å². The number of carbonyl (C=O) groups is 2. The van der Waals surface area contributed by atoms with Crippen LogP contribution >= 0.6 is 23.2 Å². The van der Waals surface area contributed by atoms with Gasteiger partial charge in [-0.2, -0.15) is 0 Å². The van der Waals surface area contributed by atoms with Crippen LogP contribution in [-0.4, -0.2) is 42.6 Å². The van der Waals surface area contributed by atoms with Crippen molar-refractivity contribution in [2.45, 2.75) is 6.92 Å². The number of carbonyl (C=O) groups excluding carboxylic acids is 2. The van der Waals surface area contributed by atoms with E-state index in [2.05, 4.69) is 0 Å². The number of nitrogens with zero attached hydrogens (tertiary/aromatic N) is 1. The van der Waals surface area contributed by atoms with E-state index in [4.69, 9.17) is 27.9 Å². The van der Waals surface area contributed by atoms with Gasteiger partial charge in [0.1, 0.15) is 5.76 Å².